The third-order valence-corrected chi connectivity index (χ3v) is 2.46. The summed E-state index contributed by atoms with van der Waals surface area (Å²) in [5.41, 5.74) is 1.05. The Hall–Kier alpha value is -2.24. The Balaban J connectivity index is 2.19. The van der Waals surface area contributed by atoms with Crippen LogP contribution in [0.25, 0.3) is 0 Å². The van der Waals surface area contributed by atoms with E-state index in [-0.39, 0.29) is 0 Å². The molecule has 0 spiro atoms. The smallest absolute Gasteiger partial charge is 0.321 e. The summed E-state index contributed by atoms with van der Waals surface area (Å²) in [5, 5.41) is 3.14. The fourth-order valence-corrected chi connectivity index (χ4v) is 1.57. The van der Waals surface area contributed by atoms with E-state index in [1.807, 2.05) is 12.1 Å². The lowest BCUT2D eigenvalue weighted by atomic mass is 10.2. The van der Waals surface area contributed by atoms with Crippen LogP contribution in [0, 0.1) is 0 Å². The minimum atomic E-state index is 0.326. The summed E-state index contributed by atoms with van der Waals surface area (Å²) in [7, 11) is 1.55. The van der Waals surface area contributed by atoms with Crippen molar-refractivity contribution in [2.45, 2.75) is 19.8 Å². The second kappa shape index (κ2) is 6.63. The lowest BCUT2D eigenvalue weighted by molar-refractivity contribution is 0.377. The molecule has 1 N–H and O–H groups in total. The van der Waals surface area contributed by atoms with Crippen molar-refractivity contribution in [1.82, 2.24) is 19.9 Å². The summed E-state index contributed by atoms with van der Waals surface area (Å²) in [6.45, 7) is 2.90. The van der Waals surface area contributed by atoms with Crippen molar-refractivity contribution < 1.29 is 4.74 Å². The van der Waals surface area contributed by atoms with E-state index in [9.17, 15) is 0 Å². The fraction of sp³-hybridized carbons (Fsp3) is 0.385. The van der Waals surface area contributed by atoms with Gasteiger partial charge in [-0.05, 0) is 18.1 Å². The molecular formula is C13H17N5O. The average molecular weight is 259 g/mol. The van der Waals surface area contributed by atoms with E-state index in [1.165, 1.54) is 0 Å². The van der Waals surface area contributed by atoms with Crippen molar-refractivity contribution in [1.29, 1.82) is 0 Å². The quantitative estimate of drug-likeness (QED) is 0.851. The molecule has 0 unspecified atom stereocenters. The molecule has 6 heteroatoms. The van der Waals surface area contributed by atoms with E-state index >= 15 is 0 Å². The summed E-state index contributed by atoms with van der Waals surface area (Å²) < 4.78 is 5.10. The van der Waals surface area contributed by atoms with Crippen molar-refractivity contribution in [3.05, 3.63) is 35.9 Å². The van der Waals surface area contributed by atoms with Gasteiger partial charge in [0.1, 0.15) is 5.82 Å². The Labute approximate surface area is 112 Å². The molecule has 2 aromatic heterocycles. The normalized spacial score (nSPS) is 10.2. The summed E-state index contributed by atoms with van der Waals surface area (Å²) in [5.74, 6) is 1.21. The number of ether oxygens (including phenoxy) is 1. The van der Waals surface area contributed by atoms with Crippen molar-refractivity contribution >= 4 is 5.95 Å². The first-order valence-corrected chi connectivity index (χ1v) is 6.23. The monoisotopic (exact) mass is 259 g/mol. The zero-order chi connectivity index (χ0) is 13.5. The van der Waals surface area contributed by atoms with Crippen LogP contribution in [0.4, 0.5) is 5.95 Å². The standard InChI is InChI=1S/C13H17N5O/c1-3-6-15-12-16-11(17-13(18-12)19-2)8-10-5-4-7-14-9-10/h4-5,7,9H,3,6,8H2,1-2H3,(H,15,16,17,18). The van der Waals surface area contributed by atoms with Gasteiger partial charge in [0.05, 0.1) is 7.11 Å². The number of hydrogen-bond acceptors (Lipinski definition) is 6. The topological polar surface area (TPSA) is 72.8 Å². The van der Waals surface area contributed by atoms with Crippen molar-refractivity contribution in [2.24, 2.45) is 0 Å². The molecule has 0 radical (unpaired) electrons. The number of nitrogens with one attached hydrogen (secondary N) is 1. The number of hydrogen-bond donors (Lipinski definition) is 1. The van der Waals surface area contributed by atoms with E-state index < -0.39 is 0 Å². The van der Waals surface area contributed by atoms with Crippen LogP contribution in [0.15, 0.2) is 24.5 Å². The number of methoxy groups -OCH3 is 1. The Morgan fingerprint density at radius 3 is 2.84 bits per heavy atom. The molecular weight excluding hydrogens is 242 g/mol. The van der Waals surface area contributed by atoms with Crippen LogP contribution in [-0.2, 0) is 6.42 Å². The molecule has 2 aromatic rings. The largest absolute Gasteiger partial charge is 0.467 e. The number of anilines is 1. The highest BCUT2D eigenvalue weighted by molar-refractivity contribution is 5.27. The highest BCUT2D eigenvalue weighted by Gasteiger charge is 2.07. The van der Waals surface area contributed by atoms with Crippen molar-refractivity contribution in [3.63, 3.8) is 0 Å². The SMILES string of the molecule is CCCNc1nc(Cc2cccnc2)nc(OC)n1. The lowest BCUT2D eigenvalue weighted by Crippen LogP contribution is -2.09. The summed E-state index contributed by atoms with van der Waals surface area (Å²) in [6, 6.07) is 4.21. The molecule has 0 amide bonds. The molecule has 2 heterocycles. The predicted molar refractivity (Wildman–Crippen MR) is 72.2 cm³/mol. The Bertz CT molecular complexity index is 518. The molecule has 6 nitrogen and oxygen atoms in total. The second-order valence-electron chi connectivity index (χ2n) is 4.03. The highest BCUT2D eigenvalue weighted by Crippen LogP contribution is 2.10. The zero-order valence-corrected chi connectivity index (χ0v) is 11.1. The first-order chi connectivity index (χ1) is 9.31. The van der Waals surface area contributed by atoms with E-state index in [0.717, 1.165) is 18.5 Å². The summed E-state index contributed by atoms with van der Waals surface area (Å²) in [4.78, 5) is 16.9. The molecule has 0 aliphatic heterocycles. The molecule has 0 aliphatic carbocycles. The van der Waals surface area contributed by atoms with Gasteiger partial charge < -0.3 is 10.1 Å². The highest BCUT2D eigenvalue weighted by atomic mass is 16.5. The number of nitrogens with zero attached hydrogens (tertiary/aromatic N) is 4. The number of aromatic nitrogens is 4. The van der Waals surface area contributed by atoms with Crippen LogP contribution in [0.3, 0.4) is 0 Å². The van der Waals surface area contributed by atoms with Gasteiger partial charge >= 0.3 is 6.01 Å². The first-order valence-electron chi connectivity index (χ1n) is 6.23. The molecule has 19 heavy (non-hydrogen) atoms. The molecule has 2 rings (SSSR count). The number of pyridine rings is 1. The van der Waals surface area contributed by atoms with Crippen LogP contribution in [0.1, 0.15) is 24.7 Å². The van der Waals surface area contributed by atoms with E-state index in [0.29, 0.717) is 24.2 Å². The maximum absolute atomic E-state index is 5.10. The van der Waals surface area contributed by atoms with Crippen molar-refractivity contribution in [2.75, 3.05) is 19.0 Å². The maximum Gasteiger partial charge on any atom is 0.321 e. The minimum Gasteiger partial charge on any atom is -0.467 e. The van der Waals surface area contributed by atoms with Gasteiger partial charge in [0.15, 0.2) is 0 Å². The third-order valence-electron chi connectivity index (χ3n) is 2.46. The summed E-state index contributed by atoms with van der Waals surface area (Å²) in [6.07, 6.45) is 5.15. The minimum absolute atomic E-state index is 0.326. The van der Waals surface area contributed by atoms with Crippen LogP contribution in [-0.4, -0.2) is 33.6 Å². The van der Waals surface area contributed by atoms with Gasteiger partial charge in [0, 0.05) is 25.4 Å². The van der Waals surface area contributed by atoms with Gasteiger partial charge in [0.2, 0.25) is 5.95 Å². The predicted octanol–water partition coefficient (Wildman–Crippen LogP) is 1.69. The molecule has 0 bridgehead atoms. The molecule has 0 saturated heterocycles. The molecule has 0 fully saturated rings. The maximum atomic E-state index is 5.10. The van der Waals surface area contributed by atoms with Gasteiger partial charge in [-0.3, -0.25) is 4.98 Å². The van der Waals surface area contributed by atoms with E-state index in [1.54, 1.807) is 19.5 Å². The molecule has 100 valence electrons. The zero-order valence-electron chi connectivity index (χ0n) is 11.1. The van der Waals surface area contributed by atoms with E-state index in [2.05, 4.69) is 32.2 Å². The third kappa shape index (κ3) is 3.87. The molecule has 0 aliphatic rings. The van der Waals surface area contributed by atoms with Crippen LogP contribution in [0.5, 0.6) is 6.01 Å². The van der Waals surface area contributed by atoms with E-state index in [4.69, 9.17) is 4.74 Å². The van der Waals surface area contributed by atoms with Gasteiger partial charge in [-0.25, -0.2) is 0 Å². The molecule has 0 saturated carbocycles. The van der Waals surface area contributed by atoms with Gasteiger partial charge in [0.25, 0.3) is 0 Å². The summed E-state index contributed by atoms with van der Waals surface area (Å²) >= 11 is 0. The second-order valence-corrected chi connectivity index (χ2v) is 4.03. The fourth-order valence-electron chi connectivity index (χ4n) is 1.57. The Kier molecular flexibility index (Phi) is 4.60. The van der Waals surface area contributed by atoms with Crippen LogP contribution >= 0.6 is 0 Å². The van der Waals surface area contributed by atoms with Crippen LogP contribution in [0.2, 0.25) is 0 Å². The average Bonchev–Trinajstić information content (AvgIpc) is 2.46. The molecule has 0 atom stereocenters. The lowest BCUT2D eigenvalue weighted by Gasteiger charge is -2.07. The van der Waals surface area contributed by atoms with Gasteiger partial charge in [-0.2, -0.15) is 15.0 Å². The van der Waals surface area contributed by atoms with Gasteiger partial charge in [-0.15, -0.1) is 0 Å². The van der Waals surface area contributed by atoms with Crippen molar-refractivity contribution in [3.8, 4) is 6.01 Å². The molecule has 0 aromatic carbocycles. The Morgan fingerprint density at radius 1 is 1.26 bits per heavy atom. The Morgan fingerprint density at radius 2 is 2.16 bits per heavy atom. The number of rotatable bonds is 6. The van der Waals surface area contributed by atoms with Crippen LogP contribution < -0.4 is 10.1 Å². The first kappa shape index (κ1) is 13.2. The van der Waals surface area contributed by atoms with Gasteiger partial charge in [-0.1, -0.05) is 13.0 Å².